The van der Waals surface area contributed by atoms with Gasteiger partial charge >= 0.3 is 0 Å². The summed E-state index contributed by atoms with van der Waals surface area (Å²) in [4.78, 5) is 0. The van der Waals surface area contributed by atoms with Gasteiger partial charge in [0.2, 0.25) is 11.5 Å². The molecule has 4 rings (SSSR count). The highest BCUT2D eigenvalue weighted by Gasteiger charge is 2.48. The third-order valence-electron chi connectivity index (χ3n) is 6.66. The maximum absolute atomic E-state index is 6.64. The summed E-state index contributed by atoms with van der Waals surface area (Å²) in [6.45, 7) is 4.43. The van der Waals surface area contributed by atoms with E-state index in [4.69, 9.17) is 33.2 Å². The Labute approximate surface area is 183 Å². The Balaban J connectivity index is 2.20. The van der Waals surface area contributed by atoms with Gasteiger partial charge in [0.05, 0.1) is 54.9 Å². The second kappa shape index (κ2) is 8.04. The summed E-state index contributed by atoms with van der Waals surface area (Å²) in [5.74, 6) is 3.91. The van der Waals surface area contributed by atoms with Crippen LogP contribution in [0.2, 0.25) is 0 Å². The average Bonchev–Trinajstić information content (AvgIpc) is 3.01. The third kappa shape index (κ3) is 2.90. The zero-order valence-corrected chi connectivity index (χ0v) is 19.3. The van der Waals surface area contributed by atoms with Gasteiger partial charge in [-0.25, -0.2) is 0 Å². The highest BCUT2D eigenvalue weighted by atomic mass is 16.5. The van der Waals surface area contributed by atoms with Crippen LogP contribution in [0.1, 0.15) is 37.2 Å². The molecule has 2 aromatic rings. The second-order valence-electron chi connectivity index (χ2n) is 7.91. The number of rotatable bonds is 6. The van der Waals surface area contributed by atoms with E-state index in [1.807, 2.05) is 12.1 Å². The molecule has 0 amide bonds. The molecule has 0 aliphatic carbocycles. The first-order chi connectivity index (χ1) is 15.0. The molecule has 4 atom stereocenters. The Morgan fingerprint density at radius 3 is 1.19 bits per heavy atom. The maximum atomic E-state index is 6.64. The topological polar surface area (TPSA) is 64.6 Å². The fourth-order valence-corrected chi connectivity index (χ4v) is 4.99. The van der Waals surface area contributed by atoms with Gasteiger partial charge in [0.1, 0.15) is 0 Å². The van der Waals surface area contributed by atoms with Crippen molar-refractivity contribution >= 4 is 0 Å². The largest absolute Gasteiger partial charge is 0.493 e. The van der Waals surface area contributed by atoms with Crippen molar-refractivity contribution in [2.45, 2.75) is 26.1 Å². The third-order valence-corrected chi connectivity index (χ3v) is 6.66. The molecule has 0 saturated carbocycles. The molecule has 168 valence electrons. The van der Waals surface area contributed by atoms with E-state index in [0.29, 0.717) is 34.5 Å². The molecule has 7 heteroatoms. The van der Waals surface area contributed by atoms with Crippen molar-refractivity contribution in [2.24, 2.45) is 11.8 Å². The smallest absolute Gasteiger partial charge is 0.203 e. The zero-order valence-electron chi connectivity index (χ0n) is 19.3. The molecule has 0 spiro atoms. The lowest BCUT2D eigenvalue weighted by Crippen LogP contribution is -2.15. The fourth-order valence-electron chi connectivity index (χ4n) is 4.99. The van der Waals surface area contributed by atoms with E-state index in [1.165, 1.54) is 0 Å². The van der Waals surface area contributed by atoms with Gasteiger partial charge in [0, 0.05) is 11.1 Å². The lowest BCUT2D eigenvalue weighted by Gasteiger charge is -2.28. The average molecular weight is 430 g/mol. The summed E-state index contributed by atoms with van der Waals surface area (Å²) in [5.41, 5.74) is 3.67. The number of methoxy groups -OCH3 is 6. The van der Waals surface area contributed by atoms with Gasteiger partial charge < -0.3 is 33.2 Å². The van der Waals surface area contributed by atoms with Crippen LogP contribution >= 0.6 is 0 Å². The molecule has 0 radical (unpaired) electrons. The summed E-state index contributed by atoms with van der Waals surface area (Å²) in [6, 6.07) is 3.97. The predicted molar refractivity (Wildman–Crippen MR) is 116 cm³/mol. The van der Waals surface area contributed by atoms with Crippen LogP contribution in [0.25, 0.3) is 11.1 Å². The van der Waals surface area contributed by atoms with Crippen LogP contribution in [0, 0.1) is 11.8 Å². The lowest BCUT2D eigenvalue weighted by atomic mass is 9.77. The lowest BCUT2D eigenvalue weighted by molar-refractivity contribution is 0.0312. The SMILES string of the molecule is COc1cc2c(c(OC)c1OC)-c1c(cc(OC)c(OC)c1OC)[C@@H]1O[C@H]2[C@@H](C)[C@H]1C. The van der Waals surface area contributed by atoms with Crippen molar-refractivity contribution in [3.8, 4) is 45.6 Å². The predicted octanol–water partition coefficient (Wildman–Crippen LogP) is 4.80. The van der Waals surface area contributed by atoms with Crippen molar-refractivity contribution in [3.63, 3.8) is 0 Å². The first-order valence-electron chi connectivity index (χ1n) is 10.3. The summed E-state index contributed by atoms with van der Waals surface area (Å²) in [7, 11) is 9.69. The van der Waals surface area contributed by atoms with Gasteiger partial charge in [-0.3, -0.25) is 0 Å². The Kier molecular flexibility index (Phi) is 5.56. The van der Waals surface area contributed by atoms with E-state index in [0.717, 1.165) is 22.3 Å². The second-order valence-corrected chi connectivity index (χ2v) is 7.91. The van der Waals surface area contributed by atoms with Crippen LogP contribution in [-0.2, 0) is 4.74 Å². The molecular weight excluding hydrogens is 400 g/mol. The van der Waals surface area contributed by atoms with Crippen molar-refractivity contribution in [3.05, 3.63) is 23.3 Å². The van der Waals surface area contributed by atoms with Gasteiger partial charge in [0.25, 0.3) is 0 Å². The van der Waals surface area contributed by atoms with Crippen molar-refractivity contribution in [2.75, 3.05) is 42.7 Å². The minimum atomic E-state index is -0.141. The molecule has 0 unspecified atom stereocenters. The normalized spacial score (nSPS) is 23.4. The van der Waals surface area contributed by atoms with Gasteiger partial charge in [0.15, 0.2) is 23.0 Å². The molecule has 0 aromatic heterocycles. The minimum Gasteiger partial charge on any atom is -0.493 e. The van der Waals surface area contributed by atoms with Crippen molar-refractivity contribution in [1.29, 1.82) is 0 Å². The first kappa shape index (κ1) is 21.4. The van der Waals surface area contributed by atoms with Crippen LogP contribution in [0.15, 0.2) is 12.1 Å². The van der Waals surface area contributed by atoms with E-state index in [1.54, 1.807) is 42.7 Å². The molecule has 2 bridgehead atoms. The van der Waals surface area contributed by atoms with E-state index < -0.39 is 0 Å². The molecule has 7 nitrogen and oxygen atoms in total. The number of hydrogen-bond donors (Lipinski definition) is 0. The van der Waals surface area contributed by atoms with Crippen LogP contribution in [-0.4, -0.2) is 42.7 Å². The highest BCUT2D eigenvalue weighted by molar-refractivity contribution is 5.89. The van der Waals surface area contributed by atoms with Crippen LogP contribution in [0.3, 0.4) is 0 Å². The van der Waals surface area contributed by atoms with Gasteiger partial charge in [-0.2, -0.15) is 0 Å². The summed E-state index contributed by atoms with van der Waals surface area (Å²) >= 11 is 0. The van der Waals surface area contributed by atoms with Crippen LogP contribution in [0.5, 0.6) is 34.5 Å². The quantitative estimate of drug-likeness (QED) is 0.652. The Bertz CT molecular complexity index is 921. The molecule has 2 heterocycles. The molecule has 1 saturated heterocycles. The van der Waals surface area contributed by atoms with Crippen molar-refractivity contribution in [1.82, 2.24) is 0 Å². The summed E-state index contributed by atoms with van der Waals surface area (Å²) in [6.07, 6.45) is -0.282. The molecule has 1 fully saturated rings. The Morgan fingerprint density at radius 2 is 0.903 bits per heavy atom. The van der Waals surface area contributed by atoms with Gasteiger partial charge in [-0.05, 0) is 35.1 Å². The molecule has 2 aliphatic rings. The minimum absolute atomic E-state index is 0.141. The number of benzene rings is 2. The molecule has 2 aliphatic heterocycles. The number of ether oxygens (including phenoxy) is 7. The van der Waals surface area contributed by atoms with Crippen molar-refractivity contribution < 1.29 is 33.2 Å². The molecule has 2 aromatic carbocycles. The monoisotopic (exact) mass is 430 g/mol. The standard InChI is InChI=1S/C24H30O7/c1-11-12(2)20-14-10-16(26-4)22(28-6)24(30-8)18(14)17-13(19(11)31-20)9-15(25-3)21(27-5)23(17)29-7/h9-12,19-20H,1-8H3/t11-,12+,19-,20+. The Morgan fingerprint density at radius 1 is 0.548 bits per heavy atom. The number of hydrogen-bond acceptors (Lipinski definition) is 7. The maximum Gasteiger partial charge on any atom is 0.203 e. The van der Waals surface area contributed by atoms with Gasteiger partial charge in [-0.15, -0.1) is 0 Å². The summed E-state index contributed by atoms with van der Waals surface area (Å²) < 4.78 is 41.1. The van der Waals surface area contributed by atoms with Crippen LogP contribution in [0.4, 0.5) is 0 Å². The van der Waals surface area contributed by atoms with E-state index >= 15 is 0 Å². The molecular formula is C24H30O7. The van der Waals surface area contributed by atoms with E-state index in [-0.39, 0.29) is 24.0 Å². The zero-order chi connectivity index (χ0) is 22.4. The molecule has 31 heavy (non-hydrogen) atoms. The van der Waals surface area contributed by atoms with E-state index in [9.17, 15) is 0 Å². The van der Waals surface area contributed by atoms with Gasteiger partial charge in [-0.1, -0.05) is 13.8 Å². The Hall–Kier alpha value is -2.80. The number of fused-ring (bicyclic) bond motifs is 7. The summed E-state index contributed by atoms with van der Waals surface area (Å²) in [5, 5.41) is 0. The fraction of sp³-hybridized carbons (Fsp3) is 0.500. The van der Waals surface area contributed by atoms with E-state index in [2.05, 4.69) is 13.8 Å². The molecule has 0 N–H and O–H groups in total. The first-order valence-corrected chi connectivity index (χ1v) is 10.3. The van der Waals surface area contributed by atoms with Crippen LogP contribution < -0.4 is 28.4 Å². The highest BCUT2D eigenvalue weighted by Crippen LogP contribution is 2.63.